The molecule has 0 saturated heterocycles. The third-order valence-corrected chi connectivity index (χ3v) is 3.72. The molecule has 3 rings (SSSR count). The number of pyridine rings is 1. The van der Waals surface area contributed by atoms with Crippen LogP contribution in [-0.4, -0.2) is 11.5 Å². The largest absolute Gasteiger partial charge is 0.313 e. The summed E-state index contributed by atoms with van der Waals surface area (Å²) in [5, 5.41) is 4.60. The summed E-state index contributed by atoms with van der Waals surface area (Å²) < 4.78 is 0. The lowest BCUT2D eigenvalue weighted by Gasteiger charge is -2.11. The molecule has 0 aliphatic carbocycles. The molecule has 1 aromatic heterocycles. The predicted octanol–water partition coefficient (Wildman–Crippen LogP) is 4.32. The van der Waals surface area contributed by atoms with E-state index in [0.29, 0.717) is 0 Å². The molecule has 0 fully saturated rings. The Labute approximate surface area is 125 Å². The van der Waals surface area contributed by atoms with Crippen LogP contribution in [0, 0.1) is 6.92 Å². The summed E-state index contributed by atoms with van der Waals surface area (Å²) in [7, 11) is 0. The van der Waals surface area contributed by atoms with E-state index in [2.05, 4.69) is 71.8 Å². The molecule has 106 valence electrons. The third-order valence-electron chi connectivity index (χ3n) is 3.72. The number of aromatic nitrogens is 1. The fraction of sp³-hybridized carbons (Fsp3) is 0.211. The maximum Gasteiger partial charge on any atom is 0.0705 e. The van der Waals surface area contributed by atoms with Gasteiger partial charge in [0.2, 0.25) is 0 Å². The smallest absolute Gasteiger partial charge is 0.0705 e. The summed E-state index contributed by atoms with van der Waals surface area (Å²) in [4.78, 5) is 4.57. The second-order valence-corrected chi connectivity index (χ2v) is 5.30. The highest BCUT2D eigenvalue weighted by molar-refractivity contribution is 5.85. The lowest BCUT2D eigenvalue weighted by Crippen LogP contribution is -2.12. The molecule has 3 aromatic rings. The van der Waals surface area contributed by atoms with Crippen LogP contribution in [-0.2, 0) is 6.54 Å². The lowest BCUT2D eigenvalue weighted by atomic mass is 9.98. The zero-order chi connectivity index (χ0) is 14.7. The van der Waals surface area contributed by atoms with Gasteiger partial charge >= 0.3 is 0 Å². The van der Waals surface area contributed by atoms with Crippen molar-refractivity contribution in [1.29, 1.82) is 0 Å². The number of rotatable bonds is 4. The third kappa shape index (κ3) is 2.96. The van der Waals surface area contributed by atoms with Crippen molar-refractivity contribution < 1.29 is 0 Å². The molecule has 21 heavy (non-hydrogen) atoms. The Morgan fingerprint density at radius 2 is 1.86 bits per heavy atom. The average molecular weight is 276 g/mol. The van der Waals surface area contributed by atoms with Crippen molar-refractivity contribution in [3.63, 3.8) is 0 Å². The molecule has 2 nitrogen and oxygen atoms in total. The first-order chi connectivity index (χ1) is 10.3. The first-order valence-electron chi connectivity index (χ1n) is 7.44. The van der Waals surface area contributed by atoms with E-state index in [1.807, 2.05) is 6.92 Å². The number of nitrogens with zero attached hydrogens (tertiary/aromatic N) is 1. The number of nitrogens with one attached hydrogen (secondary N) is 1. The maximum absolute atomic E-state index is 4.57. The van der Waals surface area contributed by atoms with E-state index in [1.165, 1.54) is 22.1 Å². The van der Waals surface area contributed by atoms with E-state index < -0.39 is 0 Å². The zero-order valence-corrected chi connectivity index (χ0v) is 12.6. The molecule has 0 bridgehead atoms. The van der Waals surface area contributed by atoms with E-state index in [9.17, 15) is 0 Å². The minimum atomic E-state index is 0.900. The molecule has 0 amide bonds. The van der Waals surface area contributed by atoms with Gasteiger partial charge in [0, 0.05) is 17.6 Å². The molecule has 0 atom stereocenters. The van der Waals surface area contributed by atoms with Crippen molar-refractivity contribution in [2.24, 2.45) is 0 Å². The highest BCUT2D eigenvalue weighted by Crippen LogP contribution is 2.27. The summed E-state index contributed by atoms with van der Waals surface area (Å²) >= 11 is 0. The Morgan fingerprint density at radius 1 is 1.00 bits per heavy atom. The molecule has 0 radical (unpaired) electrons. The van der Waals surface area contributed by atoms with Gasteiger partial charge in [-0.1, -0.05) is 43.3 Å². The number of hydrogen-bond donors (Lipinski definition) is 1. The van der Waals surface area contributed by atoms with Crippen LogP contribution < -0.4 is 5.32 Å². The summed E-state index contributed by atoms with van der Waals surface area (Å²) in [5.74, 6) is 0. The molecule has 2 aromatic carbocycles. The van der Waals surface area contributed by atoms with Gasteiger partial charge in [0.15, 0.2) is 0 Å². The van der Waals surface area contributed by atoms with Gasteiger partial charge in [-0.2, -0.15) is 0 Å². The standard InChI is InChI=1S/C19H20N2/c1-3-20-13-17-6-4-5-7-18(17)15-10-11-19-16(12-15)9-8-14(2)21-19/h4-12,20H,3,13H2,1-2H3. The number of hydrogen-bond acceptors (Lipinski definition) is 2. The van der Waals surface area contributed by atoms with Gasteiger partial charge in [-0.3, -0.25) is 4.98 Å². The quantitative estimate of drug-likeness (QED) is 0.767. The van der Waals surface area contributed by atoms with E-state index in [4.69, 9.17) is 0 Å². The Hall–Kier alpha value is -2.19. The minimum absolute atomic E-state index is 0.900. The summed E-state index contributed by atoms with van der Waals surface area (Å²) in [6.07, 6.45) is 0. The monoisotopic (exact) mass is 276 g/mol. The van der Waals surface area contributed by atoms with E-state index in [-0.39, 0.29) is 0 Å². The second-order valence-electron chi connectivity index (χ2n) is 5.30. The van der Waals surface area contributed by atoms with Crippen molar-refractivity contribution in [2.45, 2.75) is 20.4 Å². The zero-order valence-electron chi connectivity index (χ0n) is 12.6. The molecule has 0 unspecified atom stereocenters. The number of fused-ring (bicyclic) bond motifs is 1. The molecule has 0 aliphatic rings. The molecule has 0 aliphatic heterocycles. The predicted molar refractivity (Wildman–Crippen MR) is 89.3 cm³/mol. The lowest BCUT2D eigenvalue weighted by molar-refractivity contribution is 0.728. The Kier molecular flexibility index (Phi) is 3.98. The average Bonchev–Trinajstić information content (AvgIpc) is 2.52. The minimum Gasteiger partial charge on any atom is -0.313 e. The fourth-order valence-electron chi connectivity index (χ4n) is 2.61. The summed E-state index contributed by atoms with van der Waals surface area (Å²) in [6, 6.07) is 19.3. The Balaban J connectivity index is 2.06. The van der Waals surface area contributed by atoms with Crippen LogP contribution in [0.2, 0.25) is 0 Å². The maximum atomic E-state index is 4.57. The van der Waals surface area contributed by atoms with Crippen LogP contribution in [0.1, 0.15) is 18.2 Å². The SMILES string of the molecule is CCNCc1ccccc1-c1ccc2nc(C)ccc2c1. The van der Waals surface area contributed by atoms with E-state index in [1.54, 1.807) is 0 Å². The molecular weight excluding hydrogens is 256 g/mol. The van der Waals surface area contributed by atoms with Gasteiger partial charge in [0.1, 0.15) is 0 Å². The van der Waals surface area contributed by atoms with Crippen LogP contribution in [0.5, 0.6) is 0 Å². The molecule has 0 spiro atoms. The van der Waals surface area contributed by atoms with Gasteiger partial charge in [-0.15, -0.1) is 0 Å². The van der Waals surface area contributed by atoms with Gasteiger partial charge in [-0.25, -0.2) is 0 Å². The first-order valence-corrected chi connectivity index (χ1v) is 7.44. The van der Waals surface area contributed by atoms with Gasteiger partial charge in [0.25, 0.3) is 0 Å². The van der Waals surface area contributed by atoms with Crippen molar-refractivity contribution >= 4 is 10.9 Å². The second kappa shape index (κ2) is 6.06. The van der Waals surface area contributed by atoms with Crippen LogP contribution in [0.4, 0.5) is 0 Å². The van der Waals surface area contributed by atoms with Crippen LogP contribution in [0.15, 0.2) is 54.6 Å². The van der Waals surface area contributed by atoms with E-state index >= 15 is 0 Å². The molecule has 2 heteroatoms. The fourth-order valence-corrected chi connectivity index (χ4v) is 2.61. The highest BCUT2D eigenvalue weighted by Gasteiger charge is 2.05. The normalized spacial score (nSPS) is 11.0. The molecule has 0 saturated carbocycles. The Bertz CT molecular complexity index is 762. The van der Waals surface area contributed by atoms with Crippen molar-refractivity contribution in [1.82, 2.24) is 10.3 Å². The van der Waals surface area contributed by atoms with E-state index in [0.717, 1.165) is 24.3 Å². The number of aryl methyl sites for hydroxylation is 1. The Morgan fingerprint density at radius 3 is 2.71 bits per heavy atom. The van der Waals surface area contributed by atoms with Crippen LogP contribution in [0.25, 0.3) is 22.0 Å². The van der Waals surface area contributed by atoms with Crippen molar-refractivity contribution in [3.05, 3.63) is 65.9 Å². The highest BCUT2D eigenvalue weighted by atomic mass is 14.8. The topological polar surface area (TPSA) is 24.9 Å². The molecule has 1 N–H and O–H groups in total. The summed E-state index contributed by atoms with van der Waals surface area (Å²) in [5.41, 5.74) is 5.99. The number of benzene rings is 2. The van der Waals surface area contributed by atoms with Gasteiger partial charge < -0.3 is 5.32 Å². The first kappa shape index (κ1) is 13.8. The van der Waals surface area contributed by atoms with Crippen molar-refractivity contribution in [2.75, 3.05) is 6.54 Å². The van der Waals surface area contributed by atoms with Crippen LogP contribution >= 0.6 is 0 Å². The van der Waals surface area contributed by atoms with Gasteiger partial charge in [-0.05, 0) is 48.4 Å². The van der Waals surface area contributed by atoms with Crippen LogP contribution in [0.3, 0.4) is 0 Å². The van der Waals surface area contributed by atoms with Gasteiger partial charge in [0.05, 0.1) is 5.52 Å². The van der Waals surface area contributed by atoms with Crippen molar-refractivity contribution in [3.8, 4) is 11.1 Å². The molecule has 1 heterocycles. The summed E-state index contributed by atoms with van der Waals surface area (Å²) in [6.45, 7) is 6.04. The molecular formula is C19H20N2.